The zero-order valence-electron chi connectivity index (χ0n) is 11.8. The predicted molar refractivity (Wildman–Crippen MR) is 84.2 cm³/mol. The summed E-state index contributed by atoms with van der Waals surface area (Å²) in [4.78, 5) is 22.7. The van der Waals surface area contributed by atoms with Gasteiger partial charge in [-0.05, 0) is 31.0 Å². The average Bonchev–Trinajstić information content (AvgIpc) is 2.53. The summed E-state index contributed by atoms with van der Waals surface area (Å²) in [6, 6.07) is 5.95. The maximum atomic E-state index is 11.8. The molecule has 0 bridgehead atoms. The van der Waals surface area contributed by atoms with Gasteiger partial charge in [0.2, 0.25) is 0 Å². The third-order valence-electron chi connectivity index (χ3n) is 3.83. The smallest absolute Gasteiger partial charge is 0.310 e. The number of fused-ring (bicyclic) bond motifs is 1. The molecule has 21 heavy (non-hydrogen) atoms. The maximum Gasteiger partial charge on any atom is 0.310 e. The number of halogens is 1. The molecule has 1 atom stereocenters. The van der Waals surface area contributed by atoms with Crippen LogP contribution in [0.4, 0.5) is 5.82 Å². The Morgan fingerprint density at radius 3 is 3.10 bits per heavy atom. The molecule has 1 aliphatic heterocycles. The van der Waals surface area contributed by atoms with Crippen LogP contribution in [0.25, 0.3) is 10.9 Å². The lowest BCUT2D eigenvalue weighted by atomic mass is 9.98. The Labute approximate surface area is 131 Å². The highest BCUT2D eigenvalue weighted by Gasteiger charge is 2.28. The number of carbonyl (C=O) groups excluding carboxylic acids is 1. The molecule has 110 valence electrons. The second-order valence-corrected chi connectivity index (χ2v) is 6.08. The maximum absolute atomic E-state index is 11.8. The van der Waals surface area contributed by atoms with Crippen molar-refractivity contribution in [3.05, 3.63) is 29.0 Å². The minimum atomic E-state index is -0.140. The summed E-state index contributed by atoms with van der Waals surface area (Å²) in [5, 5.41) is 0.998. The Hall–Kier alpha value is -1.69. The molecule has 0 N–H and O–H groups in total. The van der Waals surface area contributed by atoms with Gasteiger partial charge in [0.25, 0.3) is 0 Å². The number of piperidine rings is 1. The summed E-state index contributed by atoms with van der Waals surface area (Å²) in [6.45, 7) is 1.54. The molecule has 1 saturated heterocycles. The lowest BCUT2D eigenvalue weighted by Crippen LogP contribution is -2.39. The molecule has 3 rings (SSSR count). The topological polar surface area (TPSA) is 55.3 Å². The molecule has 6 heteroatoms. The van der Waals surface area contributed by atoms with Crippen LogP contribution in [0.15, 0.2) is 29.0 Å². The quantitative estimate of drug-likeness (QED) is 0.780. The van der Waals surface area contributed by atoms with E-state index in [2.05, 4.69) is 30.8 Å². The first-order chi connectivity index (χ1) is 10.2. The second-order valence-electron chi connectivity index (χ2n) is 5.17. The molecule has 0 saturated carbocycles. The van der Waals surface area contributed by atoms with Gasteiger partial charge in [0.15, 0.2) is 0 Å². The highest BCUT2D eigenvalue weighted by molar-refractivity contribution is 9.10. The van der Waals surface area contributed by atoms with Crippen LogP contribution < -0.4 is 4.90 Å². The van der Waals surface area contributed by atoms with E-state index in [9.17, 15) is 4.79 Å². The zero-order valence-corrected chi connectivity index (χ0v) is 13.3. The van der Waals surface area contributed by atoms with E-state index in [-0.39, 0.29) is 11.9 Å². The normalized spacial score (nSPS) is 18.8. The Bertz CT molecular complexity index is 677. The largest absolute Gasteiger partial charge is 0.469 e. The molecule has 0 amide bonds. The number of carbonyl (C=O) groups is 1. The van der Waals surface area contributed by atoms with Crippen molar-refractivity contribution in [1.29, 1.82) is 0 Å². The Kier molecular flexibility index (Phi) is 4.05. The van der Waals surface area contributed by atoms with Gasteiger partial charge >= 0.3 is 5.97 Å². The van der Waals surface area contributed by atoms with E-state index in [1.54, 1.807) is 6.33 Å². The third kappa shape index (κ3) is 2.85. The zero-order chi connectivity index (χ0) is 14.8. The average molecular weight is 350 g/mol. The first-order valence-corrected chi connectivity index (χ1v) is 7.71. The van der Waals surface area contributed by atoms with Gasteiger partial charge in [0.1, 0.15) is 12.1 Å². The molecule has 0 radical (unpaired) electrons. The number of ether oxygens (including phenoxy) is 1. The Morgan fingerprint density at radius 2 is 2.29 bits per heavy atom. The molecule has 1 unspecified atom stereocenters. The van der Waals surface area contributed by atoms with E-state index in [0.29, 0.717) is 6.54 Å². The van der Waals surface area contributed by atoms with Crippen molar-refractivity contribution in [2.75, 3.05) is 25.1 Å². The monoisotopic (exact) mass is 349 g/mol. The standard InChI is InChI=1S/C15H16BrN3O2/c1-21-15(20)10-3-2-6-19(8-10)14-12-7-11(16)4-5-13(12)17-9-18-14/h4-5,7,9-10H,2-3,6,8H2,1H3. The van der Waals surface area contributed by atoms with Crippen molar-refractivity contribution < 1.29 is 9.53 Å². The van der Waals surface area contributed by atoms with Gasteiger partial charge in [0.05, 0.1) is 18.5 Å². The van der Waals surface area contributed by atoms with E-state index in [4.69, 9.17) is 4.74 Å². The summed E-state index contributed by atoms with van der Waals surface area (Å²) >= 11 is 3.49. The van der Waals surface area contributed by atoms with Gasteiger partial charge in [-0.2, -0.15) is 0 Å². The molecule has 1 aromatic carbocycles. The van der Waals surface area contributed by atoms with Crippen molar-refractivity contribution in [1.82, 2.24) is 9.97 Å². The number of aromatic nitrogens is 2. The fourth-order valence-electron chi connectivity index (χ4n) is 2.80. The number of hydrogen-bond acceptors (Lipinski definition) is 5. The highest BCUT2D eigenvalue weighted by atomic mass is 79.9. The molecular formula is C15H16BrN3O2. The van der Waals surface area contributed by atoms with Crippen LogP contribution in [0, 0.1) is 5.92 Å². The van der Waals surface area contributed by atoms with Gasteiger partial charge in [-0.3, -0.25) is 4.79 Å². The summed E-state index contributed by atoms with van der Waals surface area (Å²) in [7, 11) is 1.44. The number of nitrogens with zero attached hydrogens (tertiary/aromatic N) is 3. The molecule has 2 aromatic rings. The van der Waals surface area contributed by atoms with E-state index < -0.39 is 0 Å². The van der Waals surface area contributed by atoms with Crippen LogP contribution >= 0.6 is 15.9 Å². The van der Waals surface area contributed by atoms with Crippen LogP contribution in [0.1, 0.15) is 12.8 Å². The summed E-state index contributed by atoms with van der Waals surface area (Å²) in [5.41, 5.74) is 0.906. The van der Waals surface area contributed by atoms with Gasteiger partial charge in [0, 0.05) is 22.9 Å². The van der Waals surface area contributed by atoms with Gasteiger partial charge in [-0.15, -0.1) is 0 Å². The van der Waals surface area contributed by atoms with E-state index in [1.807, 2.05) is 18.2 Å². The van der Waals surface area contributed by atoms with Crippen LogP contribution in [-0.4, -0.2) is 36.1 Å². The van der Waals surface area contributed by atoms with Gasteiger partial charge < -0.3 is 9.64 Å². The fraction of sp³-hybridized carbons (Fsp3) is 0.400. The van der Waals surface area contributed by atoms with Gasteiger partial charge in [-0.25, -0.2) is 9.97 Å². The molecule has 1 fully saturated rings. The van der Waals surface area contributed by atoms with Crippen LogP contribution in [0.2, 0.25) is 0 Å². The van der Waals surface area contributed by atoms with Crippen molar-refractivity contribution in [3.63, 3.8) is 0 Å². The molecular weight excluding hydrogens is 334 g/mol. The van der Waals surface area contributed by atoms with E-state index in [1.165, 1.54) is 7.11 Å². The Morgan fingerprint density at radius 1 is 1.43 bits per heavy atom. The summed E-state index contributed by atoms with van der Waals surface area (Å²) in [5.74, 6) is 0.662. The molecule has 1 aliphatic rings. The number of rotatable bonds is 2. The lowest BCUT2D eigenvalue weighted by molar-refractivity contribution is -0.145. The fourth-order valence-corrected chi connectivity index (χ4v) is 3.16. The SMILES string of the molecule is COC(=O)C1CCCN(c2ncnc3ccc(Br)cc23)C1. The van der Waals surface area contributed by atoms with Crippen LogP contribution in [0.5, 0.6) is 0 Å². The summed E-state index contributed by atoms with van der Waals surface area (Å²) in [6.07, 6.45) is 3.41. The van der Waals surface area contributed by atoms with E-state index >= 15 is 0 Å². The van der Waals surface area contributed by atoms with Crippen LogP contribution in [0.3, 0.4) is 0 Å². The number of methoxy groups -OCH3 is 1. The first kappa shape index (κ1) is 14.3. The number of benzene rings is 1. The molecule has 1 aromatic heterocycles. The third-order valence-corrected chi connectivity index (χ3v) is 4.33. The van der Waals surface area contributed by atoms with Crippen molar-refractivity contribution >= 4 is 38.6 Å². The number of anilines is 1. The van der Waals surface area contributed by atoms with Crippen molar-refractivity contribution in [2.24, 2.45) is 5.92 Å². The first-order valence-electron chi connectivity index (χ1n) is 6.92. The molecule has 0 spiro atoms. The highest BCUT2D eigenvalue weighted by Crippen LogP contribution is 2.29. The second kappa shape index (κ2) is 5.97. The molecule has 0 aliphatic carbocycles. The van der Waals surface area contributed by atoms with E-state index in [0.717, 1.165) is 40.6 Å². The van der Waals surface area contributed by atoms with Crippen molar-refractivity contribution in [2.45, 2.75) is 12.8 Å². The predicted octanol–water partition coefficient (Wildman–Crippen LogP) is 2.78. The Balaban J connectivity index is 1.96. The minimum absolute atomic E-state index is 0.0825. The number of esters is 1. The molecule has 5 nitrogen and oxygen atoms in total. The summed E-state index contributed by atoms with van der Waals surface area (Å²) < 4.78 is 5.87. The number of hydrogen-bond donors (Lipinski definition) is 0. The lowest BCUT2D eigenvalue weighted by Gasteiger charge is -2.32. The van der Waals surface area contributed by atoms with Crippen LogP contribution in [-0.2, 0) is 9.53 Å². The van der Waals surface area contributed by atoms with Crippen molar-refractivity contribution in [3.8, 4) is 0 Å². The molecule has 2 heterocycles. The van der Waals surface area contributed by atoms with Gasteiger partial charge in [-0.1, -0.05) is 15.9 Å². The minimum Gasteiger partial charge on any atom is -0.469 e.